The zero-order valence-electron chi connectivity index (χ0n) is 9.33. The second-order valence-electron chi connectivity index (χ2n) is 4.78. The molecule has 3 rings (SSSR count). The molecule has 2 aliphatic rings. The van der Waals surface area contributed by atoms with E-state index in [1.807, 2.05) is 13.1 Å². The predicted molar refractivity (Wildman–Crippen MR) is 66.5 cm³/mol. The van der Waals surface area contributed by atoms with Crippen molar-refractivity contribution < 1.29 is 0 Å². The predicted octanol–water partition coefficient (Wildman–Crippen LogP) is 2.81. The van der Waals surface area contributed by atoms with Gasteiger partial charge in [-0.15, -0.1) is 0 Å². The molecule has 0 amide bonds. The third kappa shape index (κ3) is 1.66. The molecule has 1 aliphatic heterocycles. The first-order valence-corrected chi connectivity index (χ1v) is 6.17. The molecule has 0 radical (unpaired) electrons. The number of fused-ring (bicyclic) bond motifs is 1. The summed E-state index contributed by atoms with van der Waals surface area (Å²) in [5.41, 5.74) is 3.71. The Bertz CT molecular complexity index is 453. The van der Waals surface area contributed by atoms with Gasteiger partial charge in [0.15, 0.2) is 0 Å². The highest BCUT2D eigenvalue weighted by Gasteiger charge is 2.32. The summed E-state index contributed by atoms with van der Waals surface area (Å²) in [6.07, 6.45) is 6.59. The van der Waals surface area contributed by atoms with Crippen molar-refractivity contribution in [2.24, 2.45) is 5.92 Å². The van der Waals surface area contributed by atoms with Crippen molar-refractivity contribution in [2.45, 2.75) is 25.8 Å². The maximum Gasteiger partial charge on any atom is 0.131 e. The van der Waals surface area contributed by atoms with Gasteiger partial charge in [0, 0.05) is 18.8 Å². The number of aryl methyl sites for hydroxylation is 1. The van der Waals surface area contributed by atoms with Crippen LogP contribution in [-0.2, 0) is 0 Å². The van der Waals surface area contributed by atoms with E-state index in [1.54, 1.807) is 0 Å². The lowest BCUT2D eigenvalue weighted by molar-refractivity contribution is 0.231. The number of aromatic nitrogens is 1. The lowest BCUT2D eigenvalue weighted by atomic mass is 9.78. The zero-order chi connectivity index (χ0) is 11.1. The number of hydrogen-bond acceptors (Lipinski definition) is 2. The van der Waals surface area contributed by atoms with Crippen LogP contribution in [0.2, 0.25) is 5.15 Å². The molecule has 1 aliphatic carbocycles. The second-order valence-corrected chi connectivity index (χ2v) is 5.13. The monoisotopic (exact) mass is 234 g/mol. The van der Waals surface area contributed by atoms with Gasteiger partial charge >= 0.3 is 0 Å². The molecular formula is C13H15ClN2. The average molecular weight is 235 g/mol. The maximum absolute atomic E-state index is 5.94. The highest BCUT2D eigenvalue weighted by molar-refractivity contribution is 6.30. The van der Waals surface area contributed by atoms with Crippen LogP contribution in [0.15, 0.2) is 18.3 Å². The summed E-state index contributed by atoms with van der Waals surface area (Å²) in [4.78, 5) is 4.22. The van der Waals surface area contributed by atoms with E-state index in [4.69, 9.17) is 11.6 Å². The van der Waals surface area contributed by atoms with E-state index < -0.39 is 0 Å². The van der Waals surface area contributed by atoms with Crippen LogP contribution in [0.25, 0.3) is 5.57 Å². The van der Waals surface area contributed by atoms with Gasteiger partial charge in [-0.1, -0.05) is 17.7 Å². The fraction of sp³-hybridized carbons (Fsp3) is 0.462. The summed E-state index contributed by atoms with van der Waals surface area (Å²) in [5.74, 6) is 0.866. The normalized spacial score (nSPS) is 28.0. The molecule has 1 aromatic heterocycles. The highest BCUT2D eigenvalue weighted by Crippen LogP contribution is 2.34. The molecule has 1 saturated heterocycles. The molecule has 1 fully saturated rings. The SMILES string of the molecule is Cc1cc(C2=CC[C@@H]3CN[C@@H]3C2)cnc1Cl. The Morgan fingerprint density at radius 1 is 1.50 bits per heavy atom. The van der Waals surface area contributed by atoms with Crippen molar-refractivity contribution in [3.8, 4) is 0 Å². The molecule has 0 spiro atoms. The first-order valence-electron chi connectivity index (χ1n) is 5.79. The summed E-state index contributed by atoms with van der Waals surface area (Å²) in [6, 6.07) is 2.83. The average Bonchev–Trinajstić information content (AvgIpc) is 2.24. The van der Waals surface area contributed by atoms with Gasteiger partial charge in [-0.25, -0.2) is 4.98 Å². The number of hydrogen-bond donors (Lipinski definition) is 1. The summed E-state index contributed by atoms with van der Waals surface area (Å²) < 4.78 is 0. The minimum absolute atomic E-state index is 0.611. The van der Waals surface area contributed by atoms with E-state index >= 15 is 0 Å². The van der Waals surface area contributed by atoms with Gasteiger partial charge in [-0.2, -0.15) is 0 Å². The van der Waals surface area contributed by atoms with E-state index in [9.17, 15) is 0 Å². The Hall–Kier alpha value is -0.860. The third-order valence-corrected chi connectivity index (χ3v) is 4.10. The topological polar surface area (TPSA) is 24.9 Å². The number of rotatable bonds is 1. The van der Waals surface area contributed by atoms with Gasteiger partial charge in [0.2, 0.25) is 0 Å². The van der Waals surface area contributed by atoms with Crippen LogP contribution in [0.1, 0.15) is 24.0 Å². The molecule has 0 saturated carbocycles. The Morgan fingerprint density at radius 3 is 3.00 bits per heavy atom. The molecular weight excluding hydrogens is 220 g/mol. The summed E-state index contributed by atoms with van der Waals surface area (Å²) in [7, 11) is 0. The second kappa shape index (κ2) is 3.86. The highest BCUT2D eigenvalue weighted by atomic mass is 35.5. The smallest absolute Gasteiger partial charge is 0.131 e. The van der Waals surface area contributed by atoms with Gasteiger partial charge in [0.05, 0.1) is 0 Å². The molecule has 2 heterocycles. The fourth-order valence-corrected chi connectivity index (χ4v) is 2.62. The molecule has 1 aromatic rings. The number of nitrogens with zero attached hydrogens (tertiary/aromatic N) is 1. The molecule has 0 aromatic carbocycles. The molecule has 3 heteroatoms. The first kappa shape index (κ1) is 10.3. The summed E-state index contributed by atoms with van der Waals surface area (Å²) >= 11 is 5.94. The van der Waals surface area contributed by atoms with Crippen molar-refractivity contribution >= 4 is 17.2 Å². The Kier molecular flexibility index (Phi) is 2.49. The molecule has 0 bridgehead atoms. The van der Waals surface area contributed by atoms with Gasteiger partial charge in [-0.3, -0.25) is 0 Å². The van der Waals surface area contributed by atoms with Crippen LogP contribution < -0.4 is 5.32 Å². The van der Waals surface area contributed by atoms with E-state index in [2.05, 4.69) is 22.4 Å². The van der Waals surface area contributed by atoms with Crippen molar-refractivity contribution in [3.63, 3.8) is 0 Å². The van der Waals surface area contributed by atoms with Crippen LogP contribution in [0, 0.1) is 12.8 Å². The molecule has 2 atom stereocenters. The molecule has 2 nitrogen and oxygen atoms in total. The summed E-state index contributed by atoms with van der Waals surface area (Å²) in [6.45, 7) is 3.19. The molecule has 84 valence electrons. The van der Waals surface area contributed by atoms with Crippen molar-refractivity contribution in [3.05, 3.63) is 34.6 Å². The molecule has 16 heavy (non-hydrogen) atoms. The molecule has 0 unspecified atom stereocenters. The van der Waals surface area contributed by atoms with Crippen molar-refractivity contribution in [1.82, 2.24) is 10.3 Å². The lowest BCUT2D eigenvalue weighted by Crippen LogP contribution is -2.53. The van der Waals surface area contributed by atoms with Crippen LogP contribution in [0.5, 0.6) is 0 Å². The third-order valence-electron chi connectivity index (χ3n) is 3.70. The van der Waals surface area contributed by atoms with Crippen LogP contribution in [-0.4, -0.2) is 17.6 Å². The maximum atomic E-state index is 5.94. The van der Waals surface area contributed by atoms with Crippen LogP contribution >= 0.6 is 11.6 Å². The minimum atomic E-state index is 0.611. The van der Waals surface area contributed by atoms with E-state index in [-0.39, 0.29) is 0 Å². The van der Waals surface area contributed by atoms with Gasteiger partial charge < -0.3 is 5.32 Å². The van der Waals surface area contributed by atoms with E-state index in [0.29, 0.717) is 11.2 Å². The summed E-state index contributed by atoms with van der Waals surface area (Å²) in [5, 5.41) is 4.10. The van der Waals surface area contributed by atoms with Gasteiger partial charge in [0.25, 0.3) is 0 Å². The van der Waals surface area contributed by atoms with Crippen molar-refractivity contribution in [1.29, 1.82) is 0 Å². The Labute approximate surface area is 101 Å². The quantitative estimate of drug-likeness (QED) is 0.756. The number of nitrogens with one attached hydrogen (secondary N) is 1. The van der Waals surface area contributed by atoms with Crippen LogP contribution in [0.4, 0.5) is 0 Å². The van der Waals surface area contributed by atoms with E-state index in [0.717, 1.165) is 17.9 Å². The number of pyridine rings is 1. The van der Waals surface area contributed by atoms with E-state index in [1.165, 1.54) is 24.1 Å². The first-order chi connectivity index (χ1) is 7.74. The lowest BCUT2D eigenvalue weighted by Gasteiger charge is -2.41. The Balaban J connectivity index is 1.89. The minimum Gasteiger partial charge on any atom is -0.313 e. The standard InChI is InChI=1S/C13H15ClN2/c1-8-4-11(7-16-13(8)14)9-2-3-10-6-15-12(10)5-9/h2,4,7,10,12,15H,3,5-6H2,1H3/t10-,12-/m1/s1. The fourth-order valence-electron chi connectivity index (χ4n) is 2.52. The van der Waals surface area contributed by atoms with Crippen LogP contribution in [0.3, 0.4) is 0 Å². The number of halogens is 1. The van der Waals surface area contributed by atoms with Crippen molar-refractivity contribution in [2.75, 3.05) is 6.54 Å². The largest absolute Gasteiger partial charge is 0.313 e. The van der Waals surface area contributed by atoms with Gasteiger partial charge in [0.1, 0.15) is 5.15 Å². The Morgan fingerprint density at radius 2 is 2.38 bits per heavy atom. The van der Waals surface area contributed by atoms with Gasteiger partial charge in [-0.05, 0) is 48.4 Å². The zero-order valence-corrected chi connectivity index (χ0v) is 10.1. The number of allylic oxidation sites excluding steroid dienone is 1. The molecule has 1 N–H and O–H groups in total.